The first-order chi connectivity index (χ1) is 5.49. The summed E-state index contributed by atoms with van der Waals surface area (Å²) in [5, 5.41) is 0. The van der Waals surface area contributed by atoms with Gasteiger partial charge in [-0.05, 0) is 27.2 Å². The van der Waals surface area contributed by atoms with E-state index in [-0.39, 0.29) is 11.6 Å². The standard InChI is InChI=1S/C9H18N2O/c1-5-11-7-6-9(2,3)10(4)8(11)12/h5-7H2,1-4H3. The van der Waals surface area contributed by atoms with Gasteiger partial charge in [-0.15, -0.1) is 0 Å². The number of carbonyl (C=O) groups is 1. The summed E-state index contributed by atoms with van der Waals surface area (Å²) >= 11 is 0. The van der Waals surface area contributed by atoms with Gasteiger partial charge in [0.1, 0.15) is 0 Å². The van der Waals surface area contributed by atoms with E-state index in [9.17, 15) is 4.79 Å². The molecule has 0 aromatic rings. The lowest BCUT2D eigenvalue weighted by molar-refractivity contribution is 0.0783. The molecule has 0 radical (unpaired) electrons. The first-order valence-electron chi connectivity index (χ1n) is 4.52. The highest BCUT2D eigenvalue weighted by atomic mass is 16.2. The number of hydrogen-bond donors (Lipinski definition) is 0. The third-order valence-electron chi connectivity index (χ3n) is 2.84. The third kappa shape index (κ3) is 1.40. The number of hydrogen-bond acceptors (Lipinski definition) is 1. The van der Waals surface area contributed by atoms with Crippen LogP contribution in [0, 0.1) is 0 Å². The molecular formula is C9H18N2O. The molecule has 0 unspecified atom stereocenters. The molecule has 0 N–H and O–H groups in total. The van der Waals surface area contributed by atoms with Gasteiger partial charge in [-0.3, -0.25) is 0 Å². The smallest absolute Gasteiger partial charge is 0.320 e. The fourth-order valence-corrected chi connectivity index (χ4v) is 1.44. The van der Waals surface area contributed by atoms with Crippen molar-refractivity contribution in [2.75, 3.05) is 20.1 Å². The van der Waals surface area contributed by atoms with E-state index in [1.165, 1.54) is 0 Å². The van der Waals surface area contributed by atoms with Crippen molar-refractivity contribution in [2.24, 2.45) is 0 Å². The molecule has 1 rings (SSSR count). The van der Waals surface area contributed by atoms with Gasteiger partial charge in [-0.2, -0.15) is 0 Å². The molecule has 1 aliphatic heterocycles. The van der Waals surface area contributed by atoms with Crippen molar-refractivity contribution in [1.29, 1.82) is 0 Å². The molecule has 1 saturated heterocycles. The summed E-state index contributed by atoms with van der Waals surface area (Å²) in [6, 6.07) is 0.161. The molecule has 0 bridgehead atoms. The molecule has 0 saturated carbocycles. The van der Waals surface area contributed by atoms with Crippen LogP contribution in [-0.4, -0.2) is 41.5 Å². The van der Waals surface area contributed by atoms with Crippen LogP contribution < -0.4 is 0 Å². The predicted octanol–water partition coefficient (Wildman–Crippen LogP) is 1.54. The second-order valence-electron chi connectivity index (χ2n) is 3.98. The van der Waals surface area contributed by atoms with Crippen molar-refractivity contribution in [3.05, 3.63) is 0 Å². The molecule has 70 valence electrons. The molecule has 1 heterocycles. The van der Waals surface area contributed by atoms with E-state index < -0.39 is 0 Å². The van der Waals surface area contributed by atoms with Gasteiger partial charge in [-0.25, -0.2) is 4.79 Å². The van der Waals surface area contributed by atoms with E-state index in [0.29, 0.717) is 0 Å². The zero-order valence-corrected chi connectivity index (χ0v) is 8.42. The van der Waals surface area contributed by atoms with Crippen molar-refractivity contribution >= 4 is 6.03 Å². The quantitative estimate of drug-likeness (QED) is 0.585. The third-order valence-corrected chi connectivity index (χ3v) is 2.84. The fraction of sp³-hybridized carbons (Fsp3) is 0.889. The van der Waals surface area contributed by atoms with Crippen LogP contribution in [0.25, 0.3) is 0 Å². The molecular weight excluding hydrogens is 152 g/mol. The first kappa shape index (κ1) is 9.36. The number of carbonyl (C=O) groups excluding carboxylic acids is 1. The minimum atomic E-state index is 0.0305. The average molecular weight is 170 g/mol. The van der Waals surface area contributed by atoms with Gasteiger partial charge >= 0.3 is 6.03 Å². The van der Waals surface area contributed by atoms with Crippen LogP contribution >= 0.6 is 0 Å². The van der Waals surface area contributed by atoms with E-state index in [1.54, 1.807) is 0 Å². The summed E-state index contributed by atoms with van der Waals surface area (Å²) in [7, 11) is 1.88. The van der Waals surface area contributed by atoms with Gasteiger partial charge in [0.05, 0.1) is 0 Å². The molecule has 0 aliphatic carbocycles. The van der Waals surface area contributed by atoms with Crippen LogP contribution in [0.5, 0.6) is 0 Å². The van der Waals surface area contributed by atoms with Crippen molar-refractivity contribution in [1.82, 2.24) is 9.80 Å². The van der Waals surface area contributed by atoms with E-state index in [4.69, 9.17) is 0 Å². The van der Waals surface area contributed by atoms with Crippen LogP contribution in [-0.2, 0) is 0 Å². The van der Waals surface area contributed by atoms with Crippen molar-refractivity contribution < 1.29 is 4.79 Å². The second kappa shape index (κ2) is 2.96. The monoisotopic (exact) mass is 170 g/mol. The summed E-state index contributed by atoms with van der Waals surface area (Å²) < 4.78 is 0. The molecule has 3 heteroatoms. The molecule has 1 aliphatic rings. The molecule has 3 nitrogen and oxygen atoms in total. The lowest BCUT2D eigenvalue weighted by Crippen LogP contribution is -2.57. The molecule has 12 heavy (non-hydrogen) atoms. The minimum Gasteiger partial charge on any atom is -0.325 e. The first-order valence-corrected chi connectivity index (χ1v) is 4.52. The normalized spacial score (nSPS) is 23.2. The SMILES string of the molecule is CCN1CCC(C)(C)N(C)C1=O. The Hall–Kier alpha value is -0.730. The predicted molar refractivity (Wildman–Crippen MR) is 49.1 cm³/mol. The molecule has 2 amide bonds. The van der Waals surface area contributed by atoms with E-state index >= 15 is 0 Å². The van der Waals surface area contributed by atoms with E-state index in [2.05, 4.69) is 13.8 Å². The minimum absolute atomic E-state index is 0.0305. The van der Waals surface area contributed by atoms with Crippen molar-refractivity contribution in [2.45, 2.75) is 32.7 Å². The maximum Gasteiger partial charge on any atom is 0.320 e. The Labute approximate surface area is 74.3 Å². The van der Waals surface area contributed by atoms with Crippen LogP contribution in [0.4, 0.5) is 4.79 Å². The summed E-state index contributed by atoms with van der Waals surface area (Å²) in [4.78, 5) is 15.3. The highest BCUT2D eigenvalue weighted by Crippen LogP contribution is 2.23. The number of urea groups is 1. The molecule has 0 atom stereocenters. The molecule has 0 spiro atoms. The Morgan fingerprint density at radius 1 is 1.50 bits per heavy atom. The summed E-state index contributed by atoms with van der Waals surface area (Å²) in [5.74, 6) is 0. The average Bonchev–Trinajstić information content (AvgIpc) is 2.01. The summed E-state index contributed by atoms with van der Waals surface area (Å²) in [5.41, 5.74) is 0.0305. The Kier molecular flexibility index (Phi) is 2.31. The van der Waals surface area contributed by atoms with Crippen molar-refractivity contribution in [3.63, 3.8) is 0 Å². The highest BCUT2D eigenvalue weighted by Gasteiger charge is 2.35. The van der Waals surface area contributed by atoms with Gasteiger partial charge in [0.25, 0.3) is 0 Å². The lowest BCUT2D eigenvalue weighted by Gasteiger charge is -2.44. The summed E-state index contributed by atoms with van der Waals surface area (Å²) in [6.07, 6.45) is 1.06. The molecule has 0 aromatic carbocycles. The van der Waals surface area contributed by atoms with Gasteiger partial charge in [-0.1, -0.05) is 0 Å². The largest absolute Gasteiger partial charge is 0.325 e. The van der Waals surface area contributed by atoms with Crippen LogP contribution in [0.15, 0.2) is 0 Å². The Morgan fingerprint density at radius 3 is 2.58 bits per heavy atom. The van der Waals surface area contributed by atoms with Gasteiger partial charge in [0, 0.05) is 25.7 Å². The van der Waals surface area contributed by atoms with Crippen LogP contribution in [0.2, 0.25) is 0 Å². The van der Waals surface area contributed by atoms with Gasteiger partial charge in [0.15, 0.2) is 0 Å². The Morgan fingerprint density at radius 2 is 2.08 bits per heavy atom. The number of nitrogens with zero attached hydrogens (tertiary/aromatic N) is 2. The zero-order valence-electron chi connectivity index (χ0n) is 8.42. The maximum atomic E-state index is 11.6. The highest BCUT2D eigenvalue weighted by molar-refractivity contribution is 5.75. The topological polar surface area (TPSA) is 23.6 Å². The summed E-state index contributed by atoms with van der Waals surface area (Å²) in [6.45, 7) is 7.95. The zero-order chi connectivity index (χ0) is 9.35. The fourth-order valence-electron chi connectivity index (χ4n) is 1.44. The van der Waals surface area contributed by atoms with Crippen LogP contribution in [0.1, 0.15) is 27.2 Å². The Bertz CT molecular complexity index is 189. The van der Waals surface area contributed by atoms with E-state index in [0.717, 1.165) is 19.5 Å². The van der Waals surface area contributed by atoms with E-state index in [1.807, 2.05) is 23.8 Å². The molecule has 0 aromatic heterocycles. The second-order valence-corrected chi connectivity index (χ2v) is 3.98. The Balaban J connectivity index is 2.73. The number of rotatable bonds is 1. The van der Waals surface area contributed by atoms with Gasteiger partial charge in [0.2, 0.25) is 0 Å². The van der Waals surface area contributed by atoms with Crippen molar-refractivity contribution in [3.8, 4) is 0 Å². The maximum absolute atomic E-state index is 11.6. The van der Waals surface area contributed by atoms with Crippen LogP contribution in [0.3, 0.4) is 0 Å². The molecule has 1 fully saturated rings. The lowest BCUT2D eigenvalue weighted by atomic mass is 9.96. The number of amides is 2. The van der Waals surface area contributed by atoms with Gasteiger partial charge < -0.3 is 9.80 Å².